The van der Waals surface area contributed by atoms with Gasteiger partial charge in [-0.15, -0.1) is 0 Å². The number of nitrogens with zero attached hydrogens (tertiary/aromatic N) is 1. The second-order valence-corrected chi connectivity index (χ2v) is 8.63. The summed E-state index contributed by atoms with van der Waals surface area (Å²) in [5.41, 5.74) is 0.281. The molecule has 2 heterocycles. The van der Waals surface area contributed by atoms with Crippen molar-refractivity contribution in [2.24, 2.45) is 5.92 Å². The molecule has 9 heteroatoms. The number of fused-ring (bicyclic) bond motifs is 1. The number of ketones is 1. The second kappa shape index (κ2) is 12.9. The number of hydrogen-bond acceptors (Lipinski definition) is 9. The van der Waals surface area contributed by atoms with Gasteiger partial charge in [0.2, 0.25) is 0 Å². The summed E-state index contributed by atoms with van der Waals surface area (Å²) in [7, 11) is 0. The lowest BCUT2D eigenvalue weighted by Gasteiger charge is -2.20. The molecule has 9 nitrogen and oxygen atoms in total. The number of benzene rings is 1. The van der Waals surface area contributed by atoms with Gasteiger partial charge < -0.3 is 30.1 Å². The lowest BCUT2D eigenvalue weighted by molar-refractivity contribution is -0.127. The Morgan fingerprint density at radius 1 is 1.17 bits per heavy atom. The van der Waals surface area contributed by atoms with Gasteiger partial charge >= 0.3 is 5.97 Å². The summed E-state index contributed by atoms with van der Waals surface area (Å²) in [4.78, 5) is 29.3. The van der Waals surface area contributed by atoms with Crippen molar-refractivity contribution < 1.29 is 34.4 Å². The third-order valence-corrected chi connectivity index (χ3v) is 5.81. The molecule has 4 N–H and O–H groups in total. The minimum Gasteiger partial charge on any atom is -0.507 e. The maximum Gasteiger partial charge on any atom is 0.342 e. The minimum absolute atomic E-state index is 0.0402. The molecule has 1 aliphatic rings. The van der Waals surface area contributed by atoms with Crippen LogP contribution in [0, 0.1) is 5.92 Å². The van der Waals surface area contributed by atoms with Crippen LogP contribution < -0.4 is 10.1 Å². The molecule has 0 bridgehead atoms. The number of aliphatic hydroxyl groups excluding tert-OH is 2. The number of cyclic esters (lactones) is 1. The number of pyridine rings is 1. The number of carbonyl (C=O) groups excluding carboxylic acids is 2. The van der Waals surface area contributed by atoms with Crippen molar-refractivity contribution in [1.29, 1.82) is 0 Å². The number of anilines is 1. The zero-order valence-corrected chi connectivity index (χ0v) is 20.3. The summed E-state index contributed by atoms with van der Waals surface area (Å²) in [6.45, 7) is 4.39. The molecule has 0 amide bonds. The van der Waals surface area contributed by atoms with E-state index in [1.54, 1.807) is 26.1 Å². The lowest BCUT2D eigenvalue weighted by Crippen LogP contribution is -2.32. The fourth-order valence-electron chi connectivity index (χ4n) is 3.49. The molecule has 1 aliphatic heterocycles. The van der Waals surface area contributed by atoms with Crippen LogP contribution in [0.25, 0.3) is 6.08 Å². The number of esters is 1. The molecule has 1 aromatic carbocycles. The van der Waals surface area contributed by atoms with Crippen LogP contribution in [0.4, 0.5) is 5.82 Å². The van der Waals surface area contributed by atoms with Crippen LogP contribution in [0.3, 0.4) is 0 Å². The first kappa shape index (κ1) is 26.9. The third-order valence-electron chi connectivity index (χ3n) is 5.81. The molecule has 3 rings (SSSR count). The van der Waals surface area contributed by atoms with Gasteiger partial charge in [0.15, 0.2) is 5.78 Å². The minimum atomic E-state index is -1.58. The number of aromatic nitrogens is 1. The van der Waals surface area contributed by atoms with Gasteiger partial charge in [-0.3, -0.25) is 4.79 Å². The Hall–Kier alpha value is -3.69. The summed E-state index contributed by atoms with van der Waals surface area (Å²) in [6, 6.07) is 8.53. The Morgan fingerprint density at radius 3 is 2.72 bits per heavy atom. The van der Waals surface area contributed by atoms with Gasteiger partial charge in [-0.2, -0.15) is 0 Å². The molecule has 2 aromatic rings. The topological polar surface area (TPSA) is 138 Å². The fourth-order valence-corrected chi connectivity index (χ4v) is 3.49. The lowest BCUT2D eigenvalue weighted by atomic mass is 9.99. The van der Waals surface area contributed by atoms with E-state index in [9.17, 15) is 24.9 Å². The van der Waals surface area contributed by atoms with Crippen molar-refractivity contribution in [1.82, 2.24) is 4.98 Å². The molecule has 0 fully saturated rings. The SMILES string of the molecule is CC1OC(=O)c2c(O)cc(OCCCNc3ccccn3)cc2/C=C/CC(O)C(O)C(=O)/C=C\[C@H]1C. The van der Waals surface area contributed by atoms with Crippen molar-refractivity contribution in [3.8, 4) is 11.5 Å². The molecule has 0 saturated carbocycles. The summed E-state index contributed by atoms with van der Waals surface area (Å²) in [5, 5.41) is 34.2. The van der Waals surface area contributed by atoms with Gasteiger partial charge in [-0.25, -0.2) is 9.78 Å². The molecule has 36 heavy (non-hydrogen) atoms. The molecule has 192 valence electrons. The summed E-state index contributed by atoms with van der Waals surface area (Å²) in [5.74, 6) is -0.906. The summed E-state index contributed by atoms with van der Waals surface area (Å²) >= 11 is 0. The van der Waals surface area contributed by atoms with Crippen LogP contribution in [-0.4, -0.2) is 63.5 Å². The first-order chi connectivity index (χ1) is 17.3. The molecular weight excluding hydrogens is 464 g/mol. The average molecular weight is 497 g/mol. The summed E-state index contributed by atoms with van der Waals surface area (Å²) in [6.07, 6.45) is 4.49. The van der Waals surface area contributed by atoms with Crippen LogP contribution in [-0.2, 0) is 9.53 Å². The Kier molecular flexibility index (Phi) is 9.61. The quantitative estimate of drug-likeness (QED) is 0.351. The van der Waals surface area contributed by atoms with Crippen LogP contribution >= 0.6 is 0 Å². The van der Waals surface area contributed by atoms with E-state index in [-0.39, 0.29) is 23.7 Å². The zero-order chi connectivity index (χ0) is 26.1. The van der Waals surface area contributed by atoms with Crippen LogP contribution in [0.1, 0.15) is 42.6 Å². The monoisotopic (exact) mass is 496 g/mol. The molecule has 1 aromatic heterocycles. The Morgan fingerprint density at radius 2 is 1.97 bits per heavy atom. The number of phenolic OH excluding ortho intramolecular Hbond substituents is 1. The largest absolute Gasteiger partial charge is 0.507 e. The van der Waals surface area contributed by atoms with Crippen molar-refractivity contribution in [3.05, 3.63) is 65.9 Å². The number of aliphatic hydroxyl groups is 2. The van der Waals surface area contributed by atoms with E-state index >= 15 is 0 Å². The predicted molar refractivity (Wildman–Crippen MR) is 135 cm³/mol. The highest BCUT2D eigenvalue weighted by atomic mass is 16.5. The zero-order valence-electron chi connectivity index (χ0n) is 20.3. The van der Waals surface area contributed by atoms with Crippen molar-refractivity contribution >= 4 is 23.6 Å². The second-order valence-electron chi connectivity index (χ2n) is 8.63. The van der Waals surface area contributed by atoms with Crippen LogP contribution in [0.15, 0.2) is 54.8 Å². The smallest absolute Gasteiger partial charge is 0.342 e. The normalized spacial score (nSPS) is 24.7. The van der Waals surface area contributed by atoms with Gasteiger partial charge in [0.1, 0.15) is 35.1 Å². The van der Waals surface area contributed by atoms with Crippen molar-refractivity contribution in [3.63, 3.8) is 0 Å². The number of carbonyl (C=O) groups is 2. The molecule has 3 unspecified atom stereocenters. The molecular formula is C27H32N2O7. The number of aromatic hydroxyl groups is 1. The predicted octanol–water partition coefficient (Wildman–Crippen LogP) is 3.11. The fraction of sp³-hybridized carbons (Fsp3) is 0.370. The molecule has 0 aliphatic carbocycles. The van der Waals surface area contributed by atoms with E-state index in [4.69, 9.17) is 9.47 Å². The van der Waals surface area contributed by atoms with E-state index in [2.05, 4.69) is 10.3 Å². The molecule has 0 saturated heterocycles. The Labute approximate surface area is 210 Å². The first-order valence-corrected chi connectivity index (χ1v) is 11.9. The van der Waals surface area contributed by atoms with Gasteiger partial charge in [-0.05, 0) is 49.6 Å². The van der Waals surface area contributed by atoms with E-state index < -0.39 is 30.1 Å². The number of rotatable bonds is 6. The number of ether oxygens (including phenoxy) is 2. The Bertz CT molecular complexity index is 1100. The van der Waals surface area contributed by atoms with Crippen LogP contribution in [0.2, 0.25) is 0 Å². The maximum atomic E-state index is 12.9. The van der Waals surface area contributed by atoms with Crippen molar-refractivity contribution in [2.75, 3.05) is 18.5 Å². The highest BCUT2D eigenvalue weighted by Gasteiger charge is 2.25. The Balaban J connectivity index is 1.77. The number of hydrogen-bond donors (Lipinski definition) is 4. The van der Waals surface area contributed by atoms with Gasteiger partial charge in [-0.1, -0.05) is 31.2 Å². The van der Waals surface area contributed by atoms with Gasteiger partial charge in [0.25, 0.3) is 0 Å². The molecule has 4 atom stereocenters. The molecule has 0 spiro atoms. The van der Waals surface area contributed by atoms with E-state index in [1.165, 1.54) is 30.4 Å². The third kappa shape index (κ3) is 7.40. The van der Waals surface area contributed by atoms with Crippen molar-refractivity contribution in [2.45, 2.75) is 45.0 Å². The van der Waals surface area contributed by atoms with E-state index in [0.717, 1.165) is 5.82 Å². The van der Waals surface area contributed by atoms with Gasteiger partial charge in [0, 0.05) is 24.7 Å². The standard InChI is InChI=1S/C27H32N2O7/c1-17-10-11-22(31)26(33)21(30)8-5-7-19-15-20(16-23(32)25(19)27(34)36-18(17)2)35-14-6-13-29-24-9-3-4-12-28-24/h3-5,7,9-12,15-18,21,26,30,32-33H,6,8,13-14H2,1-2H3,(H,28,29)/b7-5+,11-10-/t17-,18?,21?,26?/m1/s1. The highest BCUT2D eigenvalue weighted by molar-refractivity contribution is 5.97. The molecule has 0 radical (unpaired) electrons. The summed E-state index contributed by atoms with van der Waals surface area (Å²) < 4.78 is 11.3. The van der Waals surface area contributed by atoms with Crippen LogP contribution in [0.5, 0.6) is 11.5 Å². The number of nitrogens with one attached hydrogen (secondary N) is 1. The van der Waals surface area contributed by atoms with E-state index in [0.29, 0.717) is 30.9 Å². The van der Waals surface area contributed by atoms with Gasteiger partial charge in [0.05, 0.1) is 12.7 Å². The number of phenols is 1. The highest BCUT2D eigenvalue weighted by Crippen LogP contribution is 2.31. The first-order valence-electron chi connectivity index (χ1n) is 11.9. The maximum absolute atomic E-state index is 12.9. The average Bonchev–Trinajstić information content (AvgIpc) is 2.86. The van der Waals surface area contributed by atoms with E-state index in [1.807, 2.05) is 18.2 Å².